The number of aryl methyl sites for hydroxylation is 2. The van der Waals surface area contributed by atoms with Gasteiger partial charge in [-0.15, -0.1) is 0 Å². The molecule has 8 rings (SSSR count). The number of pyridine rings is 2. The summed E-state index contributed by atoms with van der Waals surface area (Å²) < 4.78 is 7.00. The predicted octanol–water partition coefficient (Wildman–Crippen LogP) is 12.3. The number of aromatic nitrogens is 4. The van der Waals surface area contributed by atoms with Gasteiger partial charge in [-0.1, -0.05) is 92.6 Å². The van der Waals surface area contributed by atoms with Crippen molar-refractivity contribution in [2.24, 2.45) is 0 Å². The van der Waals surface area contributed by atoms with Crippen molar-refractivity contribution >= 4 is 99.8 Å². The van der Waals surface area contributed by atoms with Crippen LogP contribution < -0.4 is 0 Å². The zero-order valence-electron chi connectivity index (χ0n) is 26.8. The number of hydrogen-bond donors (Lipinski definition) is 0. The minimum atomic E-state index is 0.926. The van der Waals surface area contributed by atoms with Gasteiger partial charge >= 0.3 is 0 Å². The van der Waals surface area contributed by atoms with E-state index in [9.17, 15) is 0 Å². The highest BCUT2D eigenvalue weighted by Gasteiger charge is 2.11. The summed E-state index contributed by atoms with van der Waals surface area (Å²) in [4.78, 5) is 8.16. The van der Waals surface area contributed by atoms with Crippen molar-refractivity contribution in [3.63, 3.8) is 0 Å². The summed E-state index contributed by atoms with van der Waals surface area (Å²) in [5.74, 6) is 0. The van der Waals surface area contributed by atoms with E-state index >= 15 is 0 Å². The molecule has 0 aliphatic rings. The highest BCUT2D eigenvalue weighted by molar-refractivity contribution is 9.10. The van der Waals surface area contributed by atoms with E-state index in [1.54, 1.807) is 0 Å². The predicted molar refractivity (Wildman–Crippen MR) is 212 cm³/mol. The molecule has 8 aromatic rings. The Kier molecular flexibility index (Phi) is 9.37. The third-order valence-electron chi connectivity index (χ3n) is 8.69. The van der Waals surface area contributed by atoms with Crippen molar-refractivity contribution in [3.8, 4) is 0 Å². The van der Waals surface area contributed by atoms with Crippen LogP contribution in [0.1, 0.15) is 36.1 Å². The zero-order valence-corrected chi connectivity index (χ0v) is 30.0. The summed E-state index contributed by atoms with van der Waals surface area (Å²) >= 11 is 7.09. The molecule has 236 valence electrons. The number of benzene rings is 4. The van der Waals surface area contributed by atoms with Crippen molar-refractivity contribution in [1.82, 2.24) is 19.1 Å². The van der Waals surface area contributed by atoms with Crippen molar-refractivity contribution in [3.05, 3.63) is 153 Å². The lowest BCUT2D eigenvalue weighted by Crippen LogP contribution is -1.93. The fraction of sp³-hybridized carbons (Fsp3) is 0.0952. The Bertz CT molecular complexity index is 2270. The van der Waals surface area contributed by atoms with Crippen LogP contribution in [0.3, 0.4) is 0 Å². The lowest BCUT2D eigenvalue weighted by Gasteiger charge is -2.04. The van der Waals surface area contributed by atoms with Gasteiger partial charge in [-0.3, -0.25) is 9.97 Å². The second-order valence-corrected chi connectivity index (χ2v) is 13.4. The molecule has 6 heteroatoms. The van der Waals surface area contributed by atoms with Crippen molar-refractivity contribution in [2.45, 2.75) is 26.9 Å². The number of hydrogen-bond acceptors (Lipinski definition) is 2. The Morgan fingerprint density at radius 1 is 0.438 bits per heavy atom. The van der Waals surface area contributed by atoms with Gasteiger partial charge in [0.2, 0.25) is 0 Å². The van der Waals surface area contributed by atoms with E-state index in [0.29, 0.717) is 0 Å². The Hall–Kier alpha value is -4.78. The summed E-state index contributed by atoms with van der Waals surface area (Å²) in [6.07, 6.45) is 15.9. The van der Waals surface area contributed by atoms with E-state index in [1.165, 1.54) is 54.7 Å². The number of fused-ring (bicyclic) bond motifs is 6. The molecule has 0 saturated carbocycles. The van der Waals surface area contributed by atoms with Crippen LogP contribution in [0, 0.1) is 0 Å². The van der Waals surface area contributed by atoms with Gasteiger partial charge in [0, 0.05) is 79.4 Å². The van der Waals surface area contributed by atoms with Gasteiger partial charge in [0.25, 0.3) is 0 Å². The van der Waals surface area contributed by atoms with Gasteiger partial charge < -0.3 is 9.13 Å². The topological polar surface area (TPSA) is 35.6 Å². The SMILES string of the molecule is CCn1c2cc(/C=C/c3ccncc3)ccc2c2ccc(/C=C/c3ccncc3)cc21.CCn1c2cc(Br)ccc2c2ccc(Br)cc21. The molecule has 0 spiro atoms. The van der Waals surface area contributed by atoms with E-state index in [2.05, 4.69) is 162 Å². The quantitative estimate of drug-likeness (QED) is 0.169. The van der Waals surface area contributed by atoms with Gasteiger partial charge in [0.15, 0.2) is 0 Å². The average molecular weight is 755 g/mol. The molecule has 0 radical (unpaired) electrons. The highest BCUT2D eigenvalue weighted by Crippen LogP contribution is 2.33. The molecule has 0 aliphatic heterocycles. The van der Waals surface area contributed by atoms with Crippen molar-refractivity contribution in [1.29, 1.82) is 0 Å². The Balaban J connectivity index is 0.000000180. The van der Waals surface area contributed by atoms with E-state index < -0.39 is 0 Å². The maximum Gasteiger partial charge on any atom is 0.0502 e. The van der Waals surface area contributed by atoms with Crippen molar-refractivity contribution in [2.75, 3.05) is 0 Å². The maximum absolute atomic E-state index is 4.08. The minimum absolute atomic E-state index is 0.926. The van der Waals surface area contributed by atoms with Gasteiger partial charge in [0.05, 0.1) is 11.0 Å². The van der Waals surface area contributed by atoms with Crippen LogP contribution in [0.2, 0.25) is 0 Å². The third-order valence-corrected chi connectivity index (χ3v) is 9.67. The normalized spacial score (nSPS) is 11.8. The Morgan fingerprint density at radius 3 is 1.15 bits per heavy atom. The van der Waals surface area contributed by atoms with E-state index in [0.717, 1.165) is 33.2 Å². The lowest BCUT2D eigenvalue weighted by atomic mass is 10.1. The molecule has 0 amide bonds. The molecule has 0 unspecified atom stereocenters. The second-order valence-electron chi connectivity index (χ2n) is 11.6. The fourth-order valence-corrected chi connectivity index (χ4v) is 7.09. The summed E-state index contributed by atoms with van der Waals surface area (Å²) in [6, 6.07) is 34.4. The number of nitrogens with zero attached hydrogens (tertiary/aromatic N) is 4. The summed E-state index contributed by atoms with van der Waals surface area (Å²) in [5.41, 5.74) is 9.80. The van der Waals surface area contributed by atoms with Crippen LogP contribution in [0.4, 0.5) is 0 Å². The Labute approximate surface area is 297 Å². The molecule has 0 bridgehead atoms. The van der Waals surface area contributed by atoms with Gasteiger partial charge in [-0.25, -0.2) is 0 Å². The summed E-state index contributed by atoms with van der Waals surface area (Å²) in [6.45, 7) is 6.29. The molecule has 0 fully saturated rings. The van der Waals surface area contributed by atoms with E-state index in [-0.39, 0.29) is 0 Å². The monoisotopic (exact) mass is 752 g/mol. The smallest absolute Gasteiger partial charge is 0.0502 e. The first-order chi connectivity index (χ1) is 23.5. The highest BCUT2D eigenvalue weighted by atomic mass is 79.9. The first-order valence-corrected chi connectivity index (χ1v) is 17.7. The van der Waals surface area contributed by atoms with E-state index in [4.69, 9.17) is 0 Å². The minimum Gasteiger partial charge on any atom is -0.341 e. The molecule has 0 saturated heterocycles. The molecule has 4 aromatic carbocycles. The van der Waals surface area contributed by atoms with Crippen LogP contribution in [-0.4, -0.2) is 19.1 Å². The van der Waals surface area contributed by atoms with Crippen LogP contribution in [-0.2, 0) is 13.1 Å². The van der Waals surface area contributed by atoms with E-state index in [1.807, 2.05) is 49.1 Å². The van der Waals surface area contributed by atoms with Gasteiger partial charge in [-0.2, -0.15) is 0 Å². The van der Waals surface area contributed by atoms with Gasteiger partial charge in [-0.05, 0) is 96.8 Å². The van der Waals surface area contributed by atoms with Crippen LogP contribution in [0.5, 0.6) is 0 Å². The van der Waals surface area contributed by atoms with Crippen LogP contribution >= 0.6 is 31.9 Å². The fourth-order valence-electron chi connectivity index (χ4n) is 6.39. The molecular weight excluding hydrogens is 720 g/mol. The standard InChI is InChI=1S/C28H23N3.C14H11Br2N/c1-2-31-27-19-23(5-3-21-11-15-29-16-12-21)7-9-25(27)26-10-8-24(20-28(26)31)6-4-22-13-17-30-18-14-22;1-2-17-13-7-9(15)3-5-11(13)12-6-4-10(16)8-14(12)17/h3-20H,2H2,1H3;3-8H,2H2,1H3/b5-3+,6-4+;. The molecule has 4 nitrogen and oxygen atoms in total. The van der Waals surface area contributed by atoms with Gasteiger partial charge in [0.1, 0.15) is 0 Å². The molecule has 48 heavy (non-hydrogen) atoms. The molecule has 0 aliphatic carbocycles. The Morgan fingerprint density at radius 2 is 0.771 bits per heavy atom. The van der Waals surface area contributed by atoms with Crippen molar-refractivity contribution < 1.29 is 0 Å². The summed E-state index contributed by atoms with van der Waals surface area (Å²) in [5, 5.41) is 5.22. The number of rotatable bonds is 6. The maximum atomic E-state index is 4.08. The molecular formula is C42H34Br2N4. The molecule has 4 aromatic heterocycles. The first kappa shape index (κ1) is 31.8. The largest absolute Gasteiger partial charge is 0.341 e. The summed E-state index contributed by atoms with van der Waals surface area (Å²) in [7, 11) is 0. The average Bonchev–Trinajstić information content (AvgIpc) is 3.60. The molecule has 0 N–H and O–H groups in total. The lowest BCUT2D eigenvalue weighted by molar-refractivity contribution is 0.827. The third kappa shape index (κ3) is 6.51. The molecule has 4 heterocycles. The molecule has 0 atom stereocenters. The first-order valence-electron chi connectivity index (χ1n) is 16.1. The number of halogens is 2. The van der Waals surface area contributed by atoms with Crippen LogP contribution in [0.15, 0.2) is 131 Å². The zero-order chi connectivity index (χ0) is 33.0. The second kappa shape index (κ2) is 14.1. The van der Waals surface area contributed by atoms with Crippen LogP contribution in [0.25, 0.3) is 67.9 Å².